The van der Waals surface area contributed by atoms with Gasteiger partial charge in [0.15, 0.2) is 0 Å². The van der Waals surface area contributed by atoms with Crippen LogP contribution in [0.1, 0.15) is 61.3 Å². The molecule has 150 valence electrons. The minimum atomic E-state index is -0.238. The van der Waals surface area contributed by atoms with Crippen molar-refractivity contribution in [2.45, 2.75) is 45.1 Å². The van der Waals surface area contributed by atoms with Crippen molar-refractivity contribution in [3.8, 4) is 11.3 Å². The number of hydrogen-bond acceptors (Lipinski definition) is 4. The van der Waals surface area contributed by atoms with E-state index in [1.165, 1.54) is 0 Å². The van der Waals surface area contributed by atoms with Gasteiger partial charge in [0.1, 0.15) is 11.6 Å². The van der Waals surface area contributed by atoms with Gasteiger partial charge in [-0.25, -0.2) is 4.98 Å². The fourth-order valence-corrected chi connectivity index (χ4v) is 3.19. The van der Waals surface area contributed by atoms with E-state index < -0.39 is 0 Å². The van der Waals surface area contributed by atoms with Crippen LogP contribution >= 0.6 is 0 Å². The van der Waals surface area contributed by atoms with Gasteiger partial charge in [0.05, 0.1) is 23.5 Å². The van der Waals surface area contributed by atoms with Gasteiger partial charge >= 0.3 is 0 Å². The second-order valence-electron chi connectivity index (χ2n) is 7.12. The Hall–Kier alpha value is -3.28. The van der Waals surface area contributed by atoms with Gasteiger partial charge in [-0.05, 0) is 37.5 Å². The Morgan fingerprint density at radius 2 is 1.86 bits per heavy atom. The van der Waals surface area contributed by atoms with Gasteiger partial charge in [0.2, 0.25) is 0 Å². The van der Waals surface area contributed by atoms with E-state index in [0.717, 1.165) is 42.8 Å². The van der Waals surface area contributed by atoms with Gasteiger partial charge in [0.25, 0.3) is 5.91 Å². The predicted octanol–water partition coefficient (Wildman–Crippen LogP) is 4.48. The van der Waals surface area contributed by atoms with E-state index in [1.54, 1.807) is 37.6 Å². The van der Waals surface area contributed by atoms with Crippen LogP contribution in [0.25, 0.3) is 11.3 Å². The van der Waals surface area contributed by atoms with Gasteiger partial charge in [0, 0.05) is 18.8 Å². The third-order valence-corrected chi connectivity index (χ3v) is 4.76. The first-order chi connectivity index (χ1) is 14.1. The SMILES string of the molecule is CC(=O)CCCCC[C@H](NC(=O)c1cccnc1)c1ncc(-c2ccccc2)[nH]1. The highest BCUT2D eigenvalue weighted by Crippen LogP contribution is 2.23. The lowest BCUT2D eigenvalue weighted by Gasteiger charge is -2.17. The first kappa shape index (κ1) is 20.5. The summed E-state index contributed by atoms with van der Waals surface area (Å²) >= 11 is 0. The molecule has 6 heteroatoms. The molecule has 0 saturated carbocycles. The number of unbranched alkanes of at least 4 members (excludes halogenated alkanes) is 2. The van der Waals surface area contributed by atoms with E-state index >= 15 is 0 Å². The molecule has 3 rings (SSSR count). The standard InChI is InChI=1S/C23H26N4O2/c1-17(28)9-4-2-7-13-20(27-23(29)19-12-8-14-24-15-19)22-25-16-21(26-22)18-10-5-3-6-11-18/h3,5-6,8,10-12,14-16,20H,2,4,7,9,13H2,1H3,(H,25,26)(H,27,29)/t20-/m0/s1. The number of nitrogens with zero attached hydrogens (tertiary/aromatic N) is 2. The molecule has 1 atom stereocenters. The number of pyridine rings is 1. The molecule has 2 N–H and O–H groups in total. The van der Waals surface area contributed by atoms with Crippen LogP contribution in [0, 0.1) is 0 Å². The van der Waals surface area contributed by atoms with E-state index in [9.17, 15) is 9.59 Å². The molecule has 0 bridgehead atoms. The second kappa shape index (κ2) is 10.3. The summed E-state index contributed by atoms with van der Waals surface area (Å²) in [5.41, 5.74) is 2.48. The van der Waals surface area contributed by atoms with Crippen LogP contribution in [0.5, 0.6) is 0 Å². The van der Waals surface area contributed by atoms with Gasteiger partial charge in [-0.15, -0.1) is 0 Å². The highest BCUT2D eigenvalue weighted by atomic mass is 16.1. The zero-order valence-corrected chi connectivity index (χ0v) is 16.6. The number of H-pyrrole nitrogens is 1. The van der Waals surface area contributed by atoms with Gasteiger partial charge < -0.3 is 15.1 Å². The van der Waals surface area contributed by atoms with Crippen molar-refractivity contribution in [1.29, 1.82) is 0 Å². The minimum absolute atomic E-state index is 0.176. The zero-order valence-electron chi connectivity index (χ0n) is 16.6. The number of amides is 1. The molecule has 6 nitrogen and oxygen atoms in total. The Bertz CT molecular complexity index is 922. The van der Waals surface area contributed by atoms with Crippen LogP contribution < -0.4 is 5.32 Å². The molecular formula is C23H26N4O2. The third kappa shape index (κ3) is 6.10. The highest BCUT2D eigenvalue weighted by Gasteiger charge is 2.19. The van der Waals surface area contributed by atoms with Gasteiger partial charge in [-0.1, -0.05) is 43.2 Å². The number of benzene rings is 1. The molecule has 0 spiro atoms. The Morgan fingerprint density at radius 3 is 2.59 bits per heavy atom. The molecule has 2 aromatic heterocycles. The van der Waals surface area contributed by atoms with E-state index in [4.69, 9.17) is 0 Å². The van der Waals surface area contributed by atoms with E-state index in [1.807, 2.05) is 30.3 Å². The lowest BCUT2D eigenvalue weighted by atomic mass is 10.1. The largest absolute Gasteiger partial charge is 0.342 e. The summed E-state index contributed by atoms with van der Waals surface area (Å²) in [4.78, 5) is 35.7. The number of ketones is 1. The summed E-state index contributed by atoms with van der Waals surface area (Å²) < 4.78 is 0. The molecule has 29 heavy (non-hydrogen) atoms. The first-order valence-corrected chi connectivity index (χ1v) is 9.94. The molecule has 3 aromatic rings. The van der Waals surface area contributed by atoms with Gasteiger partial charge in [-0.3, -0.25) is 9.78 Å². The zero-order chi connectivity index (χ0) is 20.5. The normalized spacial score (nSPS) is 11.8. The van der Waals surface area contributed by atoms with E-state index in [0.29, 0.717) is 12.0 Å². The van der Waals surface area contributed by atoms with Crippen LogP contribution in [-0.4, -0.2) is 26.6 Å². The Kier molecular flexibility index (Phi) is 7.28. The summed E-state index contributed by atoms with van der Waals surface area (Å²) in [6.45, 7) is 1.62. The summed E-state index contributed by atoms with van der Waals surface area (Å²) in [5.74, 6) is 0.766. The first-order valence-electron chi connectivity index (χ1n) is 9.94. The minimum Gasteiger partial charge on any atom is -0.342 e. The molecule has 1 amide bonds. The number of hydrogen-bond donors (Lipinski definition) is 2. The Morgan fingerprint density at radius 1 is 1.03 bits per heavy atom. The maximum atomic E-state index is 12.6. The smallest absolute Gasteiger partial charge is 0.253 e. The van der Waals surface area contributed by atoms with Crippen molar-refractivity contribution in [2.24, 2.45) is 0 Å². The number of Topliss-reactive ketones (excluding diaryl/α,β-unsaturated/α-hetero) is 1. The summed E-state index contributed by atoms with van der Waals surface area (Å²) in [5, 5.41) is 3.07. The number of nitrogens with one attached hydrogen (secondary N) is 2. The van der Waals surface area contributed by atoms with Crippen LogP contribution in [0.15, 0.2) is 61.1 Å². The third-order valence-electron chi connectivity index (χ3n) is 4.76. The molecule has 0 radical (unpaired) electrons. The molecule has 0 fully saturated rings. The Labute approximate surface area is 170 Å². The maximum Gasteiger partial charge on any atom is 0.253 e. The van der Waals surface area contributed by atoms with Crippen LogP contribution in [-0.2, 0) is 4.79 Å². The van der Waals surface area contributed by atoms with Crippen molar-refractivity contribution in [3.63, 3.8) is 0 Å². The molecule has 2 heterocycles. The van der Waals surface area contributed by atoms with E-state index in [-0.39, 0.29) is 17.7 Å². The lowest BCUT2D eigenvalue weighted by molar-refractivity contribution is -0.117. The number of imidazole rings is 1. The highest BCUT2D eigenvalue weighted by molar-refractivity contribution is 5.94. The molecule has 0 saturated heterocycles. The van der Waals surface area contributed by atoms with Crippen molar-refractivity contribution >= 4 is 11.7 Å². The predicted molar refractivity (Wildman–Crippen MR) is 112 cm³/mol. The molecule has 0 aliphatic rings. The average molecular weight is 390 g/mol. The molecule has 0 aliphatic carbocycles. The number of carbonyl (C=O) groups is 2. The number of carbonyl (C=O) groups excluding carboxylic acids is 2. The van der Waals surface area contributed by atoms with Crippen molar-refractivity contribution in [3.05, 3.63) is 72.4 Å². The molecule has 0 unspecified atom stereocenters. The fourth-order valence-electron chi connectivity index (χ4n) is 3.19. The monoisotopic (exact) mass is 390 g/mol. The molecule has 1 aromatic carbocycles. The topological polar surface area (TPSA) is 87.7 Å². The summed E-state index contributed by atoms with van der Waals surface area (Å²) in [7, 11) is 0. The fraction of sp³-hybridized carbons (Fsp3) is 0.304. The molecular weight excluding hydrogens is 364 g/mol. The van der Waals surface area contributed by atoms with Crippen molar-refractivity contribution < 1.29 is 9.59 Å². The van der Waals surface area contributed by atoms with Crippen LogP contribution in [0.4, 0.5) is 0 Å². The quantitative estimate of drug-likeness (QED) is 0.500. The van der Waals surface area contributed by atoms with Gasteiger partial charge in [-0.2, -0.15) is 0 Å². The maximum absolute atomic E-state index is 12.6. The van der Waals surface area contributed by atoms with E-state index in [2.05, 4.69) is 20.3 Å². The van der Waals surface area contributed by atoms with Crippen molar-refractivity contribution in [1.82, 2.24) is 20.3 Å². The number of rotatable bonds is 10. The second-order valence-corrected chi connectivity index (χ2v) is 7.12. The molecule has 0 aliphatic heterocycles. The van der Waals surface area contributed by atoms with Crippen molar-refractivity contribution in [2.75, 3.05) is 0 Å². The number of aromatic nitrogens is 3. The Balaban J connectivity index is 1.71. The summed E-state index contributed by atoms with van der Waals surface area (Å²) in [6, 6.07) is 13.2. The van der Waals surface area contributed by atoms with Crippen LogP contribution in [0.2, 0.25) is 0 Å². The lowest BCUT2D eigenvalue weighted by Crippen LogP contribution is -2.29. The summed E-state index contributed by atoms with van der Waals surface area (Å²) in [6.07, 6.45) is 9.03. The average Bonchev–Trinajstić information content (AvgIpc) is 3.24. The number of aromatic amines is 1. The van der Waals surface area contributed by atoms with Crippen LogP contribution in [0.3, 0.4) is 0 Å².